The van der Waals surface area contributed by atoms with Crippen LogP contribution in [0.2, 0.25) is 0 Å². The minimum Gasteiger partial charge on any atom is -0.390 e. The number of rotatable bonds is 11. The van der Waals surface area contributed by atoms with Gasteiger partial charge in [0, 0.05) is 22.9 Å². The van der Waals surface area contributed by atoms with Gasteiger partial charge in [-0.1, -0.05) is 66.9 Å². The van der Waals surface area contributed by atoms with Gasteiger partial charge in [-0.2, -0.15) is 5.26 Å². The average Bonchev–Trinajstić information content (AvgIpc) is 3.25. The Balaban J connectivity index is 0.000000745. The van der Waals surface area contributed by atoms with Gasteiger partial charge in [0.15, 0.2) is 0 Å². The monoisotopic (exact) mass is 631 g/mol. The molecule has 8 heteroatoms. The van der Waals surface area contributed by atoms with E-state index in [4.69, 9.17) is 5.11 Å². The number of nitrogens with zero attached hydrogens (tertiary/aromatic N) is 1. The fourth-order valence-corrected chi connectivity index (χ4v) is 6.39. The van der Waals surface area contributed by atoms with Gasteiger partial charge < -0.3 is 20.8 Å². The zero-order valence-corrected chi connectivity index (χ0v) is 27.3. The first kappa shape index (κ1) is 35.0. The molecule has 2 aliphatic carbocycles. The molecule has 0 heterocycles. The largest absolute Gasteiger partial charge is 0.390 e. The predicted molar refractivity (Wildman–Crippen MR) is 168 cm³/mol. The zero-order valence-electron chi connectivity index (χ0n) is 25.7. The molecule has 1 aromatic rings. The summed E-state index contributed by atoms with van der Waals surface area (Å²) >= 11 is 3.23. The Hall–Kier alpha value is -2.21. The summed E-state index contributed by atoms with van der Waals surface area (Å²) in [6.45, 7) is 11.2. The number of hydrogen-bond acceptors (Lipinski definition) is 5. The Morgan fingerprint density at radius 3 is 2.27 bits per heavy atom. The summed E-state index contributed by atoms with van der Waals surface area (Å²) in [5.74, 6) is -0.379. The molecule has 2 aliphatic rings. The van der Waals surface area contributed by atoms with Crippen molar-refractivity contribution in [1.82, 2.24) is 10.6 Å². The Morgan fingerprint density at radius 1 is 1.07 bits per heavy atom. The Kier molecular flexibility index (Phi) is 13.5. The molecule has 7 nitrogen and oxygen atoms in total. The van der Waals surface area contributed by atoms with Crippen molar-refractivity contribution in [2.75, 3.05) is 5.33 Å². The minimum atomic E-state index is -0.807. The fourth-order valence-electron chi connectivity index (χ4n) is 5.42. The van der Waals surface area contributed by atoms with Crippen LogP contribution in [0.15, 0.2) is 29.8 Å². The third-order valence-electron chi connectivity index (χ3n) is 7.67. The first-order valence-corrected chi connectivity index (χ1v) is 16.1. The number of carbonyl (C=O) groups is 2. The van der Waals surface area contributed by atoms with E-state index in [1.807, 2.05) is 38.1 Å². The smallest absolute Gasteiger partial charge is 0.248 e. The lowest BCUT2D eigenvalue weighted by Crippen LogP contribution is -2.50. The molecule has 0 radical (unpaired) electrons. The third-order valence-corrected chi connectivity index (χ3v) is 8.07. The van der Waals surface area contributed by atoms with Crippen molar-refractivity contribution in [2.24, 2.45) is 11.8 Å². The summed E-state index contributed by atoms with van der Waals surface area (Å²) < 4.78 is 0. The summed E-state index contributed by atoms with van der Waals surface area (Å²) in [6, 6.07) is 9.45. The second-order valence-corrected chi connectivity index (χ2v) is 14.0. The standard InChI is InChI=1S/C28H39N3O3.C5H11BrO/c1-18(2)15-20(17-29)30-26(32)23-11-7-8-12-25(23)31-27(33)24-16-19-9-5-6-10-21(19)22(24)13-14-28(3,4)34;1-5(2,7)3-4-6/h5-6,9-10,16,18,20,22-23,25,34H,7-8,11-15H2,1-4H3,(H,30,32)(H,31,33);7H,3-4H2,1-2H3/t20-,22?,23+,25-;/m0./s1. The Bertz CT molecular complexity index is 1080. The van der Waals surface area contributed by atoms with Gasteiger partial charge in [-0.25, -0.2) is 0 Å². The molecule has 4 N–H and O–H groups in total. The molecule has 1 fully saturated rings. The lowest BCUT2D eigenvalue weighted by atomic mass is 9.82. The van der Waals surface area contributed by atoms with Gasteiger partial charge in [0.05, 0.1) is 23.2 Å². The zero-order chi connectivity index (χ0) is 30.8. The van der Waals surface area contributed by atoms with Gasteiger partial charge in [0.25, 0.3) is 0 Å². The number of hydrogen-bond donors (Lipinski definition) is 4. The van der Waals surface area contributed by atoms with Gasteiger partial charge >= 0.3 is 0 Å². The normalized spacial score (nSPS) is 21.1. The van der Waals surface area contributed by atoms with Crippen molar-refractivity contribution < 1.29 is 19.8 Å². The number of nitriles is 1. The molecule has 1 unspecified atom stereocenters. The summed E-state index contributed by atoms with van der Waals surface area (Å²) in [5.41, 5.74) is 1.55. The van der Waals surface area contributed by atoms with Crippen molar-refractivity contribution in [3.05, 3.63) is 41.0 Å². The van der Waals surface area contributed by atoms with Gasteiger partial charge in [-0.05, 0) is 89.3 Å². The third kappa shape index (κ3) is 11.9. The van der Waals surface area contributed by atoms with Crippen LogP contribution in [0.4, 0.5) is 0 Å². The molecule has 4 atom stereocenters. The number of alkyl halides is 1. The number of aliphatic hydroxyl groups is 2. The second kappa shape index (κ2) is 15.9. The lowest BCUT2D eigenvalue weighted by molar-refractivity contribution is -0.128. The van der Waals surface area contributed by atoms with E-state index in [0.717, 1.165) is 42.1 Å². The van der Waals surface area contributed by atoms with Crippen molar-refractivity contribution in [2.45, 2.75) is 122 Å². The number of halogens is 1. The minimum absolute atomic E-state index is 0.0764. The molecular formula is C33H50BrN3O4. The van der Waals surface area contributed by atoms with Crippen LogP contribution in [-0.2, 0) is 9.59 Å². The fraction of sp³-hybridized carbons (Fsp3) is 0.667. The highest BCUT2D eigenvalue weighted by molar-refractivity contribution is 9.09. The van der Waals surface area contributed by atoms with E-state index < -0.39 is 17.2 Å². The topological polar surface area (TPSA) is 122 Å². The first-order chi connectivity index (χ1) is 19.1. The van der Waals surface area contributed by atoms with E-state index in [9.17, 15) is 20.0 Å². The molecule has 0 aromatic heterocycles. The van der Waals surface area contributed by atoms with Crippen LogP contribution in [0.3, 0.4) is 0 Å². The van der Waals surface area contributed by atoms with Crippen LogP contribution in [0.25, 0.3) is 6.08 Å². The number of benzene rings is 1. The van der Waals surface area contributed by atoms with E-state index in [1.165, 1.54) is 0 Å². The molecule has 1 saturated carbocycles. The summed E-state index contributed by atoms with van der Waals surface area (Å²) in [4.78, 5) is 26.5. The van der Waals surface area contributed by atoms with E-state index >= 15 is 0 Å². The lowest BCUT2D eigenvalue weighted by Gasteiger charge is -2.32. The molecule has 3 rings (SSSR count). The van der Waals surface area contributed by atoms with Gasteiger partial charge in [0.1, 0.15) is 6.04 Å². The van der Waals surface area contributed by atoms with Crippen molar-refractivity contribution in [3.8, 4) is 6.07 Å². The maximum absolute atomic E-state index is 13.5. The van der Waals surface area contributed by atoms with Crippen molar-refractivity contribution >= 4 is 33.8 Å². The van der Waals surface area contributed by atoms with Crippen LogP contribution in [0.1, 0.15) is 110 Å². The second-order valence-electron chi connectivity index (χ2n) is 13.2. The maximum Gasteiger partial charge on any atom is 0.248 e. The van der Waals surface area contributed by atoms with E-state index in [1.54, 1.807) is 27.7 Å². The molecular weight excluding hydrogens is 582 g/mol. The maximum atomic E-state index is 13.5. The molecule has 41 heavy (non-hydrogen) atoms. The molecule has 0 bridgehead atoms. The van der Waals surface area contributed by atoms with Crippen LogP contribution in [0.5, 0.6) is 0 Å². The van der Waals surface area contributed by atoms with Crippen molar-refractivity contribution in [1.29, 1.82) is 5.26 Å². The quantitative estimate of drug-likeness (QED) is 0.223. The van der Waals surface area contributed by atoms with E-state index in [0.29, 0.717) is 37.2 Å². The first-order valence-electron chi connectivity index (χ1n) is 15.0. The van der Waals surface area contributed by atoms with Crippen LogP contribution in [-0.4, -0.2) is 50.6 Å². The Labute approximate surface area is 255 Å². The van der Waals surface area contributed by atoms with E-state index in [-0.39, 0.29) is 29.7 Å². The molecule has 0 spiro atoms. The molecule has 0 aliphatic heterocycles. The van der Waals surface area contributed by atoms with Gasteiger partial charge in [0.2, 0.25) is 11.8 Å². The molecule has 0 saturated heterocycles. The molecule has 2 amide bonds. The summed E-state index contributed by atoms with van der Waals surface area (Å²) in [6.07, 6.45) is 7.98. The predicted octanol–water partition coefficient (Wildman–Crippen LogP) is 5.99. The Morgan fingerprint density at radius 2 is 1.71 bits per heavy atom. The molecule has 1 aromatic carbocycles. The highest BCUT2D eigenvalue weighted by atomic mass is 79.9. The van der Waals surface area contributed by atoms with Crippen LogP contribution >= 0.6 is 15.9 Å². The van der Waals surface area contributed by atoms with Crippen LogP contribution in [0, 0.1) is 23.2 Å². The SMILES string of the molecule is CC(C)(O)CCBr.CC(C)C[C@@H](C#N)NC(=O)[C@@H]1CCCC[C@@H]1NC(=O)C1=Cc2ccccc2C1CCC(C)(C)O. The highest BCUT2D eigenvalue weighted by Crippen LogP contribution is 2.40. The number of carbonyl (C=O) groups excluding carboxylic acids is 2. The highest BCUT2D eigenvalue weighted by Gasteiger charge is 2.36. The van der Waals surface area contributed by atoms with Crippen molar-refractivity contribution in [3.63, 3.8) is 0 Å². The summed E-state index contributed by atoms with van der Waals surface area (Å²) in [7, 11) is 0. The molecule has 228 valence electrons. The summed E-state index contributed by atoms with van der Waals surface area (Å²) in [5, 5.41) is 35.6. The number of nitrogens with one attached hydrogen (secondary N) is 2. The number of amides is 2. The van der Waals surface area contributed by atoms with Crippen LogP contribution < -0.4 is 10.6 Å². The average molecular weight is 633 g/mol. The van der Waals surface area contributed by atoms with E-state index in [2.05, 4.69) is 38.7 Å². The van der Waals surface area contributed by atoms with Gasteiger partial charge in [-0.3, -0.25) is 9.59 Å². The van der Waals surface area contributed by atoms with Gasteiger partial charge in [-0.15, -0.1) is 0 Å². The number of fused-ring (bicyclic) bond motifs is 1.